The standard InChI is InChI=1S/C16H28N2O5/c1-5-7-10-21-14(20)18-11-8-9-16(22-15(3,4)23-16)12(11)13(19)17-6-2/h11-12H,5-10H2,1-4H3,(H,17,19)(H,18,20)/t11-,12-/m0/s1. The molecule has 1 aliphatic carbocycles. The summed E-state index contributed by atoms with van der Waals surface area (Å²) >= 11 is 0. The molecule has 1 spiro atoms. The van der Waals surface area contributed by atoms with E-state index in [1.807, 2.05) is 27.7 Å². The first-order valence-electron chi connectivity index (χ1n) is 8.45. The van der Waals surface area contributed by atoms with Crippen molar-refractivity contribution in [2.75, 3.05) is 13.2 Å². The fraction of sp³-hybridized carbons (Fsp3) is 0.875. The summed E-state index contributed by atoms with van der Waals surface area (Å²) in [6.07, 6.45) is 2.47. The SMILES string of the molecule is CCCCOC(=O)N[C@H]1CCC2(OC(C)(C)O2)[C@@H]1C(=O)NCC. The maximum absolute atomic E-state index is 12.5. The van der Waals surface area contributed by atoms with Gasteiger partial charge in [-0.3, -0.25) is 4.79 Å². The van der Waals surface area contributed by atoms with E-state index in [-0.39, 0.29) is 11.9 Å². The molecule has 0 unspecified atom stereocenters. The van der Waals surface area contributed by atoms with Crippen LogP contribution in [-0.2, 0) is 19.0 Å². The van der Waals surface area contributed by atoms with Gasteiger partial charge in [0.05, 0.1) is 6.61 Å². The molecular weight excluding hydrogens is 300 g/mol. The topological polar surface area (TPSA) is 85.9 Å². The van der Waals surface area contributed by atoms with Gasteiger partial charge in [-0.15, -0.1) is 0 Å². The molecule has 2 atom stereocenters. The quantitative estimate of drug-likeness (QED) is 0.727. The molecule has 1 saturated heterocycles. The van der Waals surface area contributed by atoms with Crippen LogP contribution in [0.25, 0.3) is 0 Å². The van der Waals surface area contributed by atoms with Crippen molar-refractivity contribution in [2.24, 2.45) is 5.92 Å². The molecule has 0 bridgehead atoms. The first kappa shape index (κ1) is 18.0. The molecular formula is C16H28N2O5. The second-order valence-corrected chi connectivity index (χ2v) is 6.57. The minimum absolute atomic E-state index is 0.167. The minimum Gasteiger partial charge on any atom is -0.450 e. The summed E-state index contributed by atoms with van der Waals surface area (Å²) in [7, 11) is 0. The lowest BCUT2D eigenvalue weighted by Crippen LogP contribution is -2.66. The minimum atomic E-state index is -0.940. The highest BCUT2D eigenvalue weighted by molar-refractivity contribution is 5.82. The van der Waals surface area contributed by atoms with Crippen molar-refractivity contribution in [3.8, 4) is 0 Å². The summed E-state index contributed by atoms with van der Waals surface area (Å²) < 4.78 is 16.9. The van der Waals surface area contributed by atoms with Gasteiger partial charge >= 0.3 is 6.09 Å². The molecule has 1 saturated carbocycles. The molecule has 2 amide bonds. The highest BCUT2D eigenvalue weighted by Gasteiger charge is 2.64. The van der Waals surface area contributed by atoms with Gasteiger partial charge < -0.3 is 24.8 Å². The number of hydrogen-bond donors (Lipinski definition) is 2. The monoisotopic (exact) mass is 328 g/mol. The Labute approximate surface area is 137 Å². The summed E-state index contributed by atoms with van der Waals surface area (Å²) in [6, 6.07) is -0.355. The van der Waals surface area contributed by atoms with Crippen molar-refractivity contribution in [1.29, 1.82) is 0 Å². The Morgan fingerprint density at radius 2 is 1.96 bits per heavy atom. The van der Waals surface area contributed by atoms with Gasteiger partial charge in [0.25, 0.3) is 0 Å². The summed E-state index contributed by atoms with van der Waals surface area (Å²) in [5.41, 5.74) is 0. The first-order valence-corrected chi connectivity index (χ1v) is 8.45. The zero-order chi connectivity index (χ0) is 17.1. The van der Waals surface area contributed by atoms with E-state index in [0.29, 0.717) is 26.0 Å². The lowest BCUT2D eigenvalue weighted by atomic mass is 9.94. The van der Waals surface area contributed by atoms with E-state index in [1.165, 1.54) is 0 Å². The number of nitrogens with one attached hydrogen (secondary N) is 2. The second-order valence-electron chi connectivity index (χ2n) is 6.57. The number of rotatable bonds is 6. The van der Waals surface area contributed by atoms with Gasteiger partial charge in [-0.05, 0) is 33.6 Å². The molecule has 0 radical (unpaired) electrons. The van der Waals surface area contributed by atoms with Crippen LogP contribution in [-0.4, -0.2) is 42.8 Å². The van der Waals surface area contributed by atoms with E-state index < -0.39 is 23.6 Å². The number of carbonyl (C=O) groups excluding carboxylic acids is 2. The molecule has 1 aliphatic heterocycles. The van der Waals surface area contributed by atoms with E-state index in [4.69, 9.17) is 14.2 Å². The first-order chi connectivity index (χ1) is 10.8. The lowest BCUT2D eigenvalue weighted by molar-refractivity contribution is -0.503. The van der Waals surface area contributed by atoms with Crippen LogP contribution >= 0.6 is 0 Å². The average molecular weight is 328 g/mol. The second kappa shape index (κ2) is 7.05. The van der Waals surface area contributed by atoms with Crippen LogP contribution in [0.3, 0.4) is 0 Å². The Hall–Kier alpha value is -1.34. The third kappa shape index (κ3) is 3.95. The molecule has 1 heterocycles. The third-order valence-electron chi connectivity index (χ3n) is 4.18. The summed E-state index contributed by atoms with van der Waals surface area (Å²) in [5, 5.41) is 5.60. The molecule has 7 nitrogen and oxygen atoms in total. The van der Waals surface area contributed by atoms with Crippen LogP contribution in [0.2, 0.25) is 0 Å². The predicted molar refractivity (Wildman–Crippen MR) is 83.6 cm³/mol. The van der Waals surface area contributed by atoms with Crippen LogP contribution in [0.1, 0.15) is 53.4 Å². The van der Waals surface area contributed by atoms with Gasteiger partial charge in [0, 0.05) is 19.0 Å². The Morgan fingerprint density at radius 3 is 2.52 bits per heavy atom. The van der Waals surface area contributed by atoms with Gasteiger partial charge in [0.1, 0.15) is 5.92 Å². The fourth-order valence-electron chi connectivity index (χ4n) is 3.38. The Balaban J connectivity index is 2.01. The van der Waals surface area contributed by atoms with E-state index >= 15 is 0 Å². The van der Waals surface area contributed by atoms with Crippen molar-refractivity contribution in [2.45, 2.75) is 71.0 Å². The molecule has 2 N–H and O–H groups in total. The molecule has 0 aromatic rings. The fourth-order valence-corrected chi connectivity index (χ4v) is 3.38. The van der Waals surface area contributed by atoms with E-state index in [9.17, 15) is 9.59 Å². The number of unbranched alkanes of at least 4 members (excludes halogenated alkanes) is 1. The van der Waals surface area contributed by atoms with Gasteiger partial charge in [-0.2, -0.15) is 0 Å². The largest absolute Gasteiger partial charge is 0.450 e. The molecule has 0 aromatic carbocycles. The van der Waals surface area contributed by atoms with Crippen molar-refractivity contribution < 1.29 is 23.8 Å². The van der Waals surface area contributed by atoms with Crippen LogP contribution in [0.15, 0.2) is 0 Å². The Bertz CT molecular complexity index is 444. The molecule has 132 valence electrons. The average Bonchev–Trinajstić information content (AvgIpc) is 2.76. The highest BCUT2D eigenvalue weighted by atomic mass is 16.9. The summed E-state index contributed by atoms with van der Waals surface area (Å²) in [5.74, 6) is -2.38. The molecule has 23 heavy (non-hydrogen) atoms. The number of alkyl carbamates (subject to hydrolysis) is 1. The van der Waals surface area contributed by atoms with Crippen molar-refractivity contribution in [3.63, 3.8) is 0 Å². The molecule has 0 aromatic heterocycles. The Kier molecular flexibility index (Phi) is 5.52. The van der Waals surface area contributed by atoms with E-state index in [1.54, 1.807) is 0 Å². The number of carbonyl (C=O) groups is 2. The highest BCUT2D eigenvalue weighted by Crippen LogP contribution is 2.51. The van der Waals surface area contributed by atoms with Gasteiger partial charge in [0.2, 0.25) is 5.91 Å². The number of hydrogen-bond acceptors (Lipinski definition) is 5. The van der Waals surface area contributed by atoms with Crippen LogP contribution in [0.4, 0.5) is 4.79 Å². The molecule has 2 fully saturated rings. The number of ether oxygens (including phenoxy) is 3. The van der Waals surface area contributed by atoms with E-state index in [0.717, 1.165) is 12.8 Å². The smallest absolute Gasteiger partial charge is 0.407 e. The zero-order valence-corrected chi connectivity index (χ0v) is 14.4. The zero-order valence-electron chi connectivity index (χ0n) is 14.4. The number of amides is 2. The molecule has 2 aliphatic rings. The van der Waals surface area contributed by atoms with Gasteiger partial charge in [0.15, 0.2) is 11.6 Å². The summed E-state index contributed by atoms with van der Waals surface area (Å²) in [4.78, 5) is 24.4. The predicted octanol–water partition coefficient (Wildman–Crippen LogP) is 1.91. The maximum atomic E-state index is 12.5. The van der Waals surface area contributed by atoms with Crippen molar-refractivity contribution in [3.05, 3.63) is 0 Å². The van der Waals surface area contributed by atoms with Crippen LogP contribution in [0, 0.1) is 5.92 Å². The maximum Gasteiger partial charge on any atom is 0.407 e. The van der Waals surface area contributed by atoms with Gasteiger partial charge in [-0.25, -0.2) is 4.79 Å². The lowest BCUT2D eigenvalue weighted by Gasteiger charge is -2.53. The summed E-state index contributed by atoms with van der Waals surface area (Å²) in [6.45, 7) is 8.40. The van der Waals surface area contributed by atoms with E-state index in [2.05, 4.69) is 10.6 Å². The van der Waals surface area contributed by atoms with Crippen LogP contribution in [0.5, 0.6) is 0 Å². The van der Waals surface area contributed by atoms with Gasteiger partial charge in [-0.1, -0.05) is 13.3 Å². The van der Waals surface area contributed by atoms with Crippen molar-refractivity contribution >= 4 is 12.0 Å². The molecule has 2 rings (SSSR count). The van der Waals surface area contributed by atoms with Crippen LogP contribution < -0.4 is 10.6 Å². The third-order valence-corrected chi connectivity index (χ3v) is 4.18. The Morgan fingerprint density at radius 1 is 1.26 bits per heavy atom. The molecule has 7 heteroatoms. The normalized spacial score (nSPS) is 27.3. The van der Waals surface area contributed by atoms with Crippen molar-refractivity contribution in [1.82, 2.24) is 10.6 Å².